The van der Waals surface area contributed by atoms with E-state index < -0.39 is 12.7 Å². The van der Waals surface area contributed by atoms with Crippen LogP contribution in [0.5, 0.6) is 0 Å². The highest BCUT2D eigenvalue weighted by molar-refractivity contribution is 5.08. The van der Waals surface area contributed by atoms with Gasteiger partial charge in [0.2, 0.25) is 0 Å². The van der Waals surface area contributed by atoms with Gasteiger partial charge in [-0.2, -0.15) is 18.3 Å². The molecule has 0 saturated carbocycles. The zero-order valence-electron chi connectivity index (χ0n) is 8.93. The van der Waals surface area contributed by atoms with Crippen molar-refractivity contribution < 1.29 is 13.2 Å². The van der Waals surface area contributed by atoms with Crippen LogP contribution < -0.4 is 0 Å². The summed E-state index contributed by atoms with van der Waals surface area (Å²) < 4.78 is 37.4. The summed E-state index contributed by atoms with van der Waals surface area (Å²) in [6, 6.07) is 1.72. The van der Waals surface area contributed by atoms with Gasteiger partial charge in [0.15, 0.2) is 0 Å². The normalized spacial score (nSPS) is 12.1. The van der Waals surface area contributed by atoms with E-state index in [2.05, 4.69) is 5.10 Å². The Balaban J connectivity index is 2.69. The summed E-state index contributed by atoms with van der Waals surface area (Å²) in [5.74, 6) is 0. The molecule has 1 heterocycles. The van der Waals surface area contributed by atoms with Crippen molar-refractivity contribution in [2.75, 3.05) is 0 Å². The number of aryl methyl sites for hydroxylation is 2. The van der Waals surface area contributed by atoms with Gasteiger partial charge in [-0.25, -0.2) is 0 Å². The molecule has 0 unspecified atom stereocenters. The lowest BCUT2D eigenvalue weighted by atomic mass is 10.2. The highest BCUT2D eigenvalue weighted by Gasteiger charge is 2.29. The number of rotatable bonds is 4. The van der Waals surface area contributed by atoms with Crippen LogP contribution in [0.1, 0.15) is 31.2 Å². The van der Waals surface area contributed by atoms with E-state index in [-0.39, 0.29) is 0 Å². The SMILES string of the molecule is CCCCc1cc(C)n(CC(F)(F)F)n1. The smallest absolute Gasteiger partial charge is 0.260 e. The number of nitrogens with zero attached hydrogens (tertiary/aromatic N) is 2. The van der Waals surface area contributed by atoms with Crippen LogP contribution in [0, 0.1) is 6.92 Å². The Hall–Kier alpha value is -1.00. The lowest BCUT2D eigenvalue weighted by Gasteiger charge is -2.07. The Labute approximate surface area is 87.1 Å². The zero-order valence-corrected chi connectivity index (χ0v) is 8.93. The van der Waals surface area contributed by atoms with Gasteiger partial charge < -0.3 is 0 Å². The first kappa shape index (κ1) is 12.1. The minimum absolute atomic E-state index is 0.568. The largest absolute Gasteiger partial charge is 0.408 e. The third-order valence-corrected chi connectivity index (χ3v) is 2.15. The fourth-order valence-corrected chi connectivity index (χ4v) is 1.39. The molecule has 0 saturated heterocycles. The van der Waals surface area contributed by atoms with Crippen molar-refractivity contribution in [2.45, 2.75) is 45.8 Å². The van der Waals surface area contributed by atoms with Crippen molar-refractivity contribution >= 4 is 0 Å². The number of hydrogen-bond acceptors (Lipinski definition) is 1. The van der Waals surface area contributed by atoms with E-state index in [1.54, 1.807) is 13.0 Å². The van der Waals surface area contributed by atoms with Gasteiger partial charge in [-0.3, -0.25) is 4.68 Å². The van der Waals surface area contributed by atoms with Crippen molar-refractivity contribution in [3.05, 3.63) is 17.5 Å². The molecule has 0 aliphatic heterocycles. The first-order valence-electron chi connectivity index (χ1n) is 5.02. The topological polar surface area (TPSA) is 17.8 Å². The predicted molar refractivity (Wildman–Crippen MR) is 51.6 cm³/mol. The van der Waals surface area contributed by atoms with Gasteiger partial charge in [0.05, 0.1) is 5.69 Å². The fourth-order valence-electron chi connectivity index (χ4n) is 1.39. The summed E-state index contributed by atoms with van der Waals surface area (Å²) in [5, 5.41) is 3.93. The molecule has 0 N–H and O–H groups in total. The highest BCUT2D eigenvalue weighted by Crippen LogP contribution is 2.18. The van der Waals surface area contributed by atoms with Crippen molar-refractivity contribution in [3.63, 3.8) is 0 Å². The number of aromatic nitrogens is 2. The molecule has 0 aliphatic carbocycles. The molecular weight excluding hydrogens is 205 g/mol. The first-order chi connectivity index (χ1) is 6.92. The number of halogens is 3. The van der Waals surface area contributed by atoms with E-state index in [0.29, 0.717) is 5.69 Å². The average molecular weight is 220 g/mol. The number of alkyl halides is 3. The van der Waals surface area contributed by atoms with Gasteiger partial charge in [-0.05, 0) is 25.8 Å². The Kier molecular flexibility index (Phi) is 3.77. The summed E-state index contributed by atoms with van der Waals surface area (Å²) in [6.07, 6.45) is -1.46. The van der Waals surface area contributed by atoms with E-state index in [4.69, 9.17) is 0 Å². The van der Waals surface area contributed by atoms with Gasteiger partial charge in [-0.1, -0.05) is 13.3 Å². The Bertz CT molecular complexity index is 315. The van der Waals surface area contributed by atoms with Crippen LogP contribution in [-0.4, -0.2) is 16.0 Å². The van der Waals surface area contributed by atoms with Crippen LogP contribution in [0.4, 0.5) is 13.2 Å². The van der Waals surface area contributed by atoms with Crippen LogP contribution in [0.15, 0.2) is 6.07 Å². The maximum atomic E-state index is 12.1. The van der Waals surface area contributed by atoms with Crippen LogP contribution in [0.3, 0.4) is 0 Å². The first-order valence-corrected chi connectivity index (χ1v) is 5.02. The highest BCUT2D eigenvalue weighted by atomic mass is 19.4. The minimum atomic E-state index is -4.20. The van der Waals surface area contributed by atoms with E-state index in [1.165, 1.54) is 0 Å². The summed E-state index contributed by atoms with van der Waals surface area (Å²) in [5.41, 5.74) is 1.32. The van der Waals surface area contributed by atoms with Crippen LogP contribution in [0.2, 0.25) is 0 Å². The molecule has 2 nitrogen and oxygen atoms in total. The summed E-state index contributed by atoms with van der Waals surface area (Å²) >= 11 is 0. The second-order valence-corrected chi connectivity index (χ2v) is 3.65. The van der Waals surface area contributed by atoms with Gasteiger partial charge in [0, 0.05) is 5.69 Å². The van der Waals surface area contributed by atoms with E-state index in [0.717, 1.165) is 29.6 Å². The molecule has 86 valence electrons. The third-order valence-electron chi connectivity index (χ3n) is 2.15. The molecular formula is C10H15F3N2. The van der Waals surface area contributed by atoms with Crippen molar-refractivity contribution in [1.82, 2.24) is 9.78 Å². The second kappa shape index (κ2) is 4.68. The molecule has 1 rings (SSSR count). The molecule has 0 amide bonds. The van der Waals surface area contributed by atoms with Crippen LogP contribution in [-0.2, 0) is 13.0 Å². The molecule has 0 aromatic carbocycles. The lowest BCUT2D eigenvalue weighted by Crippen LogP contribution is -2.19. The predicted octanol–water partition coefficient (Wildman–Crippen LogP) is 3.10. The monoisotopic (exact) mass is 220 g/mol. The van der Waals surface area contributed by atoms with Crippen molar-refractivity contribution in [3.8, 4) is 0 Å². The second-order valence-electron chi connectivity index (χ2n) is 3.65. The number of unbranched alkanes of at least 4 members (excludes halogenated alkanes) is 1. The van der Waals surface area contributed by atoms with Gasteiger partial charge >= 0.3 is 6.18 Å². The zero-order chi connectivity index (χ0) is 11.5. The van der Waals surface area contributed by atoms with Gasteiger partial charge in [0.25, 0.3) is 0 Å². The molecule has 0 fully saturated rings. The van der Waals surface area contributed by atoms with Gasteiger partial charge in [-0.15, -0.1) is 0 Å². The molecule has 0 radical (unpaired) electrons. The molecule has 0 atom stereocenters. The van der Waals surface area contributed by atoms with Crippen LogP contribution in [0.25, 0.3) is 0 Å². The Morgan fingerprint density at radius 1 is 1.40 bits per heavy atom. The van der Waals surface area contributed by atoms with E-state index in [9.17, 15) is 13.2 Å². The quantitative estimate of drug-likeness (QED) is 0.762. The molecule has 0 bridgehead atoms. The lowest BCUT2D eigenvalue weighted by molar-refractivity contribution is -0.142. The molecule has 0 spiro atoms. The molecule has 1 aromatic heterocycles. The van der Waals surface area contributed by atoms with E-state index >= 15 is 0 Å². The Morgan fingerprint density at radius 3 is 2.60 bits per heavy atom. The molecule has 5 heteroatoms. The van der Waals surface area contributed by atoms with Crippen molar-refractivity contribution in [2.24, 2.45) is 0 Å². The number of hydrogen-bond donors (Lipinski definition) is 0. The minimum Gasteiger partial charge on any atom is -0.260 e. The van der Waals surface area contributed by atoms with Gasteiger partial charge in [0.1, 0.15) is 6.54 Å². The maximum Gasteiger partial charge on any atom is 0.408 e. The van der Waals surface area contributed by atoms with Crippen molar-refractivity contribution in [1.29, 1.82) is 0 Å². The molecule has 0 aliphatic rings. The third kappa shape index (κ3) is 3.93. The van der Waals surface area contributed by atoms with Crippen LogP contribution >= 0.6 is 0 Å². The summed E-state index contributed by atoms with van der Waals surface area (Å²) in [7, 11) is 0. The Morgan fingerprint density at radius 2 is 2.07 bits per heavy atom. The van der Waals surface area contributed by atoms with E-state index in [1.807, 2.05) is 6.92 Å². The molecule has 15 heavy (non-hydrogen) atoms. The average Bonchev–Trinajstić information content (AvgIpc) is 2.41. The molecule has 1 aromatic rings. The fraction of sp³-hybridized carbons (Fsp3) is 0.700. The summed E-state index contributed by atoms with van der Waals surface area (Å²) in [4.78, 5) is 0. The maximum absolute atomic E-state index is 12.1. The summed E-state index contributed by atoms with van der Waals surface area (Å²) in [6.45, 7) is 2.69. The standard InChI is InChI=1S/C10H15F3N2/c1-3-4-5-9-6-8(2)15(14-9)7-10(11,12)13/h6H,3-5,7H2,1-2H3.